The van der Waals surface area contributed by atoms with Crippen molar-refractivity contribution in [1.82, 2.24) is 5.32 Å². The molecule has 0 aromatic rings. The Hall–Kier alpha value is -1.17. The zero-order valence-corrected chi connectivity index (χ0v) is 27.9. The van der Waals surface area contributed by atoms with Gasteiger partial charge in [0.1, 0.15) is 0 Å². The minimum Gasteiger partial charge on any atom is -0.394 e. The summed E-state index contributed by atoms with van der Waals surface area (Å²) in [5.41, 5.74) is 0. The van der Waals surface area contributed by atoms with E-state index in [1.54, 1.807) is 6.08 Å². The predicted octanol–water partition coefficient (Wildman–Crippen LogP) is 9.48. The van der Waals surface area contributed by atoms with E-state index in [1.807, 2.05) is 6.08 Å². The molecule has 5 nitrogen and oxygen atoms in total. The summed E-state index contributed by atoms with van der Waals surface area (Å²) in [7, 11) is 0. The maximum Gasteiger partial charge on any atom is 0.222 e. The summed E-state index contributed by atoms with van der Waals surface area (Å²) in [6.45, 7) is 4.17. The van der Waals surface area contributed by atoms with E-state index in [-0.39, 0.29) is 18.9 Å². The normalized spacial score (nSPS) is 14.1. The van der Waals surface area contributed by atoms with Crippen molar-refractivity contribution in [3.05, 3.63) is 24.3 Å². The molecular weight excluding hydrogens is 522 g/mol. The minimum atomic E-state index is -0.946. The van der Waals surface area contributed by atoms with Gasteiger partial charge in [0.25, 0.3) is 0 Å². The first kappa shape index (κ1) is 40.8. The van der Waals surface area contributed by atoms with E-state index in [2.05, 4.69) is 31.3 Å². The number of hydrogen-bond donors (Lipinski definition) is 4. The fraction of sp³-hybridized carbons (Fsp3) is 0.865. The molecule has 0 saturated carbocycles. The van der Waals surface area contributed by atoms with Crippen LogP contribution in [0.2, 0.25) is 0 Å². The third-order valence-corrected chi connectivity index (χ3v) is 8.24. The highest BCUT2D eigenvalue weighted by atomic mass is 16.3. The quantitative estimate of drug-likeness (QED) is 0.0462. The second-order valence-corrected chi connectivity index (χ2v) is 12.5. The van der Waals surface area contributed by atoms with Gasteiger partial charge in [0.05, 0.1) is 31.3 Å². The van der Waals surface area contributed by atoms with Crippen molar-refractivity contribution in [2.45, 2.75) is 199 Å². The average molecular weight is 594 g/mol. The van der Waals surface area contributed by atoms with Crippen LogP contribution in [0.15, 0.2) is 24.3 Å². The van der Waals surface area contributed by atoms with Crippen molar-refractivity contribution in [1.29, 1.82) is 0 Å². The maximum absolute atomic E-state index is 12.3. The molecule has 0 aliphatic carbocycles. The number of aliphatic hydroxyl groups is 3. The molecule has 0 fully saturated rings. The second-order valence-electron chi connectivity index (χ2n) is 12.5. The van der Waals surface area contributed by atoms with E-state index in [4.69, 9.17) is 0 Å². The molecule has 42 heavy (non-hydrogen) atoms. The van der Waals surface area contributed by atoms with Crippen molar-refractivity contribution < 1.29 is 20.1 Å². The third-order valence-electron chi connectivity index (χ3n) is 8.24. The summed E-state index contributed by atoms with van der Waals surface area (Å²) in [5, 5.41) is 32.9. The van der Waals surface area contributed by atoms with Gasteiger partial charge in [-0.1, -0.05) is 167 Å². The van der Waals surface area contributed by atoms with E-state index in [0.29, 0.717) is 6.42 Å². The smallest absolute Gasteiger partial charge is 0.222 e. The summed E-state index contributed by atoms with van der Waals surface area (Å²) in [5.74, 6) is -0.327. The Morgan fingerprint density at radius 3 is 1.52 bits per heavy atom. The molecule has 0 heterocycles. The van der Waals surface area contributed by atoms with Crippen LogP contribution in [-0.4, -0.2) is 46.1 Å². The lowest BCUT2D eigenvalue weighted by atomic mass is 10.0. The highest BCUT2D eigenvalue weighted by Gasteiger charge is 2.20. The van der Waals surface area contributed by atoms with Crippen molar-refractivity contribution >= 4 is 5.91 Å². The largest absolute Gasteiger partial charge is 0.394 e. The van der Waals surface area contributed by atoms with Crippen LogP contribution < -0.4 is 5.32 Å². The van der Waals surface area contributed by atoms with Crippen LogP contribution in [0.25, 0.3) is 0 Å². The number of carbonyl (C=O) groups is 1. The summed E-state index contributed by atoms with van der Waals surface area (Å²) in [6, 6.07) is -0.755. The highest BCUT2D eigenvalue weighted by Crippen LogP contribution is 2.14. The van der Waals surface area contributed by atoms with Gasteiger partial charge in [-0.2, -0.15) is 0 Å². The van der Waals surface area contributed by atoms with E-state index in [9.17, 15) is 20.1 Å². The number of nitrogens with one attached hydrogen (secondary N) is 1. The first-order valence-corrected chi connectivity index (χ1v) is 18.1. The molecule has 0 aliphatic rings. The van der Waals surface area contributed by atoms with Crippen LogP contribution in [0.3, 0.4) is 0 Å². The Morgan fingerprint density at radius 1 is 0.595 bits per heavy atom. The van der Waals surface area contributed by atoms with Crippen LogP contribution in [-0.2, 0) is 4.79 Å². The fourth-order valence-electron chi connectivity index (χ4n) is 5.41. The molecule has 0 aliphatic heterocycles. The highest BCUT2D eigenvalue weighted by molar-refractivity contribution is 5.76. The number of rotatable bonds is 32. The molecule has 0 aromatic carbocycles. The van der Waals surface area contributed by atoms with Crippen molar-refractivity contribution in [3.8, 4) is 0 Å². The summed E-state index contributed by atoms with van der Waals surface area (Å²) >= 11 is 0. The molecule has 0 radical (unpaired) electrons. The number of hydrogen-bond acceptors (Lipinski definition) is 4. The number of allylic oxidation sites excluding steroid dienone is 3. The fourth-order valence-corrected chi connectivity index (χ4v) is 5.41. The zero-order chi connectivity index (χ0) is 30.9. The molecule has 4 N–H and O–H groups in total. The number of aliphatic hydroxyl groups excluding tert-OH is 3. The Morgan fingerprint density at radius 2 is 1.02 bits per heavy atom. The van der Waals surface area contributed by atoms with Crippen LogP contribution in [0, 0.1) is 0 Å². The minimum absolute atomic E-state index is 0.00822. The number of carbonyl (C=O) groups excluding carboxylic acids is 1. The monoisotopic (exact) mass is 594 g/mol. The lowest BCUT2D eigenvalue weighted by Crippen LogP contribution is -2.45. The SMILES string of the molecule is CCCCCCCCCCCCC/C=C/CC/C=C/C(O)C(CO)NC(=O)CC(O)CCCCCCCCCCCC. The lowest BCUT2D eigenvalue weighted by molar-refractivity contribution is -0.124. The zero-order valence-electron chi connectivity index (χ0n) is 27.9. The Bertz CT molecular complexity index is 621. The Kier molecular flexibility index (Phi) is 31.8. The molecule has 0 spiro atoms. The summed E-state index contributed by atoms with van der Waals surface area (Å²) in [6.07, 6.45) is 37.3. The van der Waals surface area contributed by atoms with Gasteiger partial charge >= 0.3 is 0 Å². The van der Waals surface area contributed by atoms with Crippen molar-refractivity contribution in [3.63, 3.8) is 0 Å². The van der Waals surface area contributed by atoms with Gasteiger partial charge in [0.15, 0.2) is 0 Å². The standard InChI is InChI=1S/C37H71NO4/c1-3-5-7-9-11-13-15-16-17-18-19-20-21-23-25-27-29-31-36(41)35(33-39)38-37(42)32-34(40)30-28-26-24-22-14-12-10-8-6-4-2/h21,23,29,31,34-36,39-41H,3-20,22,24-28,30,32-33H2,1-2H3,(H,38,42)/b23-21+,31-29+. The van der Waals surface area contributed by atoms with Gasteiger partial charge in [-0.25, -0.2) is 0 Å². The molecule has 0 aromatic heterocycles. The number of amides is 1. The van der Waals surface area contributed by atoms with Gasteiger partial charge in [-0.15, -0.1) is 0 Å². The molecule has 0 bridgehead atoms. The van der Waals surface area contributed by atoms with E-state index in [0.717, 1.165) is 32.1 Å². The van der Waals surface area contributed by atoms with Crippen LogP contribution >= 0.6 is 0 Å². The first-order valence-electron chi connectivity index (χ1n) is 18.1. The molecule has 0 saturated heterocycles. The van der Waals surface area contributed by atoms with Crippen molar-refractivity contribution in [2.24, 2.45) is 0 Å². The van der Waals surface area contributed by atoms with Gasteiger partial charge < -0.3 is 20.6 Å². The van der Waals surface area contributed by atoms with E-state index < -0.39 is 18.2 Å². The van der Waals surface area contributed by atoms with Gasteiger partial charge in [-0.05, 0) is 32.1 Å². The Balaban J connectivity index is 3.78. The van der Waals surface area contributed by atoms with Crippen molar-refractivity contribution in [2.75, 3.05) is 6.61 Å². The van der Waals surface area contributed by atoms with Crippen LogP contribution in [0.1, 0.15) is 181 Å². The van der Waals surface area contributed by atoms with Crippen LogP contribution in [0.5, 0.6) is 0 Å². The first-order chi connectivity index (χ1) is 20.5. The number of unbranched alkanes of at least 4 members (excludes halogenated alkanes) is 21. The van der Waals surface area contributed by atoms with Gasteiger partial charge in [-0.3, -0.25) is 4.79 Å². The Labute approximate surface area is 261 Å². The predicted molar refractivity (Wildman–Crippen MR) is 181 cm³/mol. The molecule has 1 amide bonds. The molecule has 0 rings (SSSR count). The molecule has 3 atom stereocenters. The second kappa shape index (κ2) is 32.7. The van der Waals surface area contributed by atoms with Gasteiger partial charge in [0, 0.05) is 0 Å². The average Bonchev–Trinajstić information content (AvgIpc) is 2.98. The summed E-state index contributed by atoms with van der Waals surface area (Å²) in [4.78, 5) is 12.3. The molecule has 248 valence electrons. The van der Waals surface area contributed by atoms with E-state index >= 15 is 0 Å². The topological polar surface area (TPSA) is 89.8 Å². The van der Waals surface area contributed by atoms with E-state index in [1.165, 1.54) is 122 Å². The summed E-state index contributed by atoms with van der Waals surface area (Å²) < 4.78 is 0. The van der Waals surface area contributed by atoms with Gasteiger partial charge in [0.2, 0.25) is 5.91 Å². The lowest BCUT2D eigenvalue weighted by Gasteiger charge is -2.21. The molecule has 5 heteroatoms. The maximum atomic E-state index is 12.3. The third kappa shape index (κ3) is 28.9. The molecule has 3 unspecified atom stereocenters. The van der Waals surface area contributed by atoms with Crippen LogP contribution in [0.4, 0.5) is 0 Å². The molecular formula is C37H71NO4.